The Labute approximate surface area is 111 Å². The number of rotatable bonds is 7. The summed E-state index contributed by atoms with van der Waals surface area (Å²) in [4.78, 5) is 25.0. The van der Waals surface area contributed by atoms with E-state index in [0.29, 0.717) is 13.2 Å². The summed E-state index contributed by atoms with van der Waals surface area (Å²) in [5.74, 6) is -0.438. The van der Waals surface area contributed by atoms with Gasteiger partial charge in [-0.25, -0.2) is 0 Å². The summed E-state index contributed by atoms with van der Waals surface area (Å²) in [6.45, 7) is 4.75. The zero-order valence-corrected chi connectivity index (χ0v) is 11.6. The van der Waals surface area contributed by atoms with Crippen LogP contribution in [-0.4, -0.2) is 18.5 Å². The van der Waals surface area contributed by atoms with Gasteiger partial charge >= 0.3 is 5.97 Å². The number of ether oxygens (including phenoxy) is 1. The molecular formula is C13H19NO3S. The van der Waals surface area contributed by atoms with Crippen molar-refractivity contribution in [2.75, 3.05) is 6.61 Å². The van der Waals surface area contributed by atoms with E-state index in [1.807, 2.05) is 6.07 Å². The minimum absolute atomic E-state index is 0.116. The van der Waals surface area contributed by atoms with E-state index in [0.717, 1.165) is 11.3 Å². The van der Waals surface area contributed by atoms with Gasteiger partial charge in [0.15, 0.2) is 0 Å². The molecule has 100 valence electrons. The quantitative estimate of drug-likeness (QED) is 0.773. The number of nitrogens with one attached hydrogen (secondary N) is 1. The lowest BCUT2D eigenvalue weighted by molar-refractivity contribution is -0.144. The highest BCUT2D eigenvalue weighted by atomic mass is 32.1. The third-order valence-electron chi connectivity index (χ3n) is 2.39. The number of carbonyl (C=O) groups is 2. The van der Waals surface area contributed by atoms with E-state index in [9.17, 15) is 9.59 Å². The Morgan fingerprint density at radius 1 is 1.22 bits per heavy atom. The van der Waals surface area contributed by atoms with Crippen LogP contribution < -0.4 is 5.32 Å². The first-order chi connectivity index (χ1) is 8.65. The van der Waals surface area contributed by atoms with Gasteiger partial charge in [-0.3, -0.25) is 9.59 Å². The average molecular weight is 269 g/mol. The maximum Gasteiger partial charge on any atom is 0.306 e. The van der Waals surface area contributed by atoms with Crippen molar-refractivity contribution in [3.63, 3.8) is 0 Å². The van der Waals surface area contributed by atoms with Crippen molar-refractivity contribution in [2.24, 2.45) is 0 Å². The summed E-state index contributed by atoms with van der Waals surface area (Å²) in [6.07, 6.45) is 1.34. The van der Waals surface area contributed by atoms with E-state index in [1.54, 1.807) is 18.3 Å². The van der Waals surface area contributed by atoms with Gasteiger partial charge in [0.25, 0.3) is 0 Å². The van der Waals surface area contributed by atoms with Gasteiger partial charge in [-0.15, -0.1) is 11.3 Å². The fourth-order valence-corrected chi connectivity index (χ4v) is 2.33. The number of carbonyl (C=O) groups excluding carboxylic acids is 2. The number of thiophene rings is 1. The summed E-state index contributed by atoms with van der Waals surface area (Å²) in [5.41, 5.74) is 0. The Hall–Kier alpha value is -1.36. The fourth-order valence-electron chi connectivity index (χ4n) is 1.43. The molecule has 0 aliphatic rings. The number of hydrogen-bond donors (Lipinski definition) is 1. The van der Waals surface area contributed by atoms with E-state index < -0.39 is 0 Å². The Balaban J connectivity index is 2.22. The van der Waals surface area contributed by atoms with E-state index in [2.05, 4.69) is 18.3 Å². The molecule has 0 fully saturated rings. The average Bonchev–Trinajstić information content (AvgIpc) is 2.82. The first-order valence-electron chi connectivity index (χ1n) is 6.15. The molecule has 0 spiro atoms. The fraction of sp³-hybridized carbons (Fsp3) is 0.538. The molecule has 4 nitrogen and oxygen atoms in total. The smallest absolute Gasteiger partial charge is 0.306 e. The van der Waals surface area contributed by atoms with Crippen LogP contribution in [-0.2, 0) is 27.3 Å². The molecule has 1 amide bonds. The van der Waals surface area contributed by atoms with Crippen molar-refractivity contribution >= 4 is 23.2 Å². The Bertz CT molecular complexity index is 401. The normalized spacial score (nSPS) is 10.1. The summed E-state index contributed by atoms with van der Waals surface area (Å²) in [7, 11) is 0. The second-order valence-corrected chi connectivity index (χ2v) is 5.06. The van der Waals surface area contributed by atoms with E-state index in [-0.39, 0.29) is 24.7 Å². The van der Waals surface area contributed by atoms with Crippen molar-refractivity contribution in [1.82, 2.24) is 5.32 Å². The molecule has 0 aliphatic heterocycles. The van der Waals surface area contributed by atoms with Crippen molar-refractivity contribution < 1.29 is 14.3 Å². The lowest BCUT2D eigenvalue weighted by Crippen LogP contribution is -2.23. The van der Waals surface area contributed by atoms with Gasteiger partial charge in [-0.2, -0.15) is 0 Å². The standard InChI is InChI=1S/C13H19NO3S/c1-3-10-5-6-11(18-10)9-14-12(15)7-8-13(16)17-4-2/h5-6H,3-4,7-9H2,1-2H3,(H,14,15). The zero-order chi connectivity index (χ0) is 13.4. The zero-order valence-electron chi connectivity index (χ0n) is 10.8. The van der Waals surface area contributed by atoms with Crippen LogP contribution in [0.25, 0.3) is 0 Å². The number of aryl methyl sites for hydroxylation is 1. The lowest BCUT2D eigenvalue weighted by atomic mass is 10.3. The molecule has 1 N–H and O–H groups in total. The highest BCUT2D eigenvalue weighted by Gasteiger charge is 2.07. The highest BCUT2D eigenvalue weighted by Crippen LogP contribution is 2.16. The summed E-state index contributed by atoms with van der Waals surface area (Å²) in [5, 5.41) is 2.80. The Kier molecular flexibility index (Phi) is 6.43. The molecule has 1 aromatic heterocycles. The molecular weight excluding hydrogens is 250 g/mol. The Morgan fingerprint density at radius 2 is 1.94 bits per heavy atom. The Morgan fingerprint density at radius 3 is 2.56 bits per heavy atom. The number of esters is 1. The van der Waals surface area contributed by atoms with Crippen molar-refractivity contribution in [3.8, 4) is 0 Å². The molecule has 0 aromatic carbocycles. The van der Waals surface area contributed by atoms with Crippen LogP contribution in [0.2, 0.25) is 0 Å². The molecule has 1 heterocycles. The minimum Gasteiger partial charge on any atom is -0.466 e. The minimum atomic E-state index is -0.322. The summed E-state index contributed by atoms with van der Waals surface area (Å²) in [6, 6.07) is 4.10. The second kappa shape index (κ2) is 7.87. The monoisotopic (exact) mass is 269 g/mol. The van der Waals surface area contributed by atoms with E-state index in [4.69, 9.17) is 4.74 Å². The first-order valence-corrected chi connectivity index (χ1v) is 6.97. The predicted molar refractivity (Wildman–Crippen MR) is 71.4 cm³/mol. The van der Waals surface area contributed by atoms with Crippen LogP contribution in [0.15, 0.2) is 12.1 Å². The van der Waals surface area contributed by atoms with Gasteiger partial charge < -0.3 is 10.1 Å². The molecule has 0 saturated heterocycles. The van der Waals surface area contributed by atoms with Crippen LogP contribution >= 0.6 is 11.3 Å². The third-order valence-corrected chi connectivity index (χ3v) is 3.62. The van der Waals surface area contributed by atoms with Crippen molar-refractivity contribution in [3.05, 3.63) is 21.9 Å². The maximum absolute atomic E-state index is 11.5. The van der Waals surface area contributed by atoms with Crippen LogP contribution in [0, 0.1) is 0 Å². The predicted octanol–water partition coefficient (Wildman–Crippen LogP) is 2.27. The van der Waals surface area contributed by atoms with Gasteiger partial charge in [0, 0.05) is 16.2 Å². The van der Waals surface area contributed by atoms with Gasteiger partial charge in [0.1, 0.15) is 0 Å². The van der Waals surface area contributed by atoms with Gasteiger partial charge in [-0.1, -0.05) is 6.92 Å². The van der Waals surface area contributed by atoms with Crippen molar-refractivity contribution in [1.29, 1.82) is 0 Å². The molecule has 18 heavy (non-hydrogen) atoms. The molecule has 0 unspecified atom stereocenters. The van der Waals surface area contributed by atoms with Crippen LogP contribution in [0.1, 0.15) is 36.4 Å². The van der Waals surface area contributed by atoms with Gasteiger partial charge in [0.2, 0.25) is 5.91 Å². The number of hydrogen-bond acceptors (Lipinski definition) is 4. The summed E-state index contributed by atoms with van der Waals surface area (Å²) >= 11 is 1.70. The summed E-state index contributed by atoms with van der Waals surface area (Å²) < 4.78 is 4.76. The van der Waals surface area contributed by atoms with Crippen LogP contribution in [0.5, 0.6) is 0 Å². The molecule has 0 bridgehead atoms. The molecule has 1 rings (SSSR count). The van der Waals surface area contributed by atoms with Crippen molar-refractivity contribution in [2.45, 2.75) is 39.7 Å². The molecule has 0 atom stereocenters. The molecule has 0 saturated carbocycles. The highest BCUT2D eigenvalue weighted by molar-refractivity contribution is 7.11. The van der Waals surface area contributed by atoms with E-state index in [1.165, 1.54) is 4.88 Å². The third kappa shape index (κ3) is 5.31. The number of amides is 1. The first kappa shape index (κ1) is 14.7. The second-order valence-electron chi connectivity index (χ2n) is 3.80. The van der Waals surface area contributed by atoms with Gasteiger partial charge in [-0.05, 0) is 25.5 Å². The molecule has 1 aromatic rings. The van der Waals surface area contributed by atoms with Crippen LogP contribution in [0.4, 0.5) is 0 Å². The van der Waals surface area contributed by atoms with E-state index >= 15 is 0 Å². The SMILES string of the molecule is CCOC(=O)CCC(=O)NCc1ccc(CC)s1. The molecule has 5 heteroatoms. The lowest BCUT2D eigenvalue weighted by Gasteiger charge is -2.03. The van der Waals surface area contributed by atoms with Gasteiger partial charge in [0.05, 0.1) is 19.6 Å². The van der Waals surface area contributed by atoms with Crippen LogP contribution in [0.3, 0.4) is 0 Å². The molecule has 0 aliphatic carbocycles. The maximum atomic E-state index is 11.5. The topological polar surface area (TPSA) is 55.4 Å². The molecule has 0 radical (unpaired) electrons. The largest absolute Gasteiger partial charge is 0.466 e.